The van der Waals surface area contributed by atoms with Crippen molar-refractivity contribution in [2.45, 2.75) is 33.6 Å². The molecule has 2 aliphatic rings. The number of nitrogens with zero attached hydrogens (tertiary/aromatic N) is 2. The Labute approximate surface area is 195 Å². The number of carbonyl (C=O) groups is 2. The van der Waals surface area contributed by atoms with E-state index >= 15 is 0 Å². The number of carbonyl (C=O) groups excluding carboxylic acids is 2. The first kappa shape index (κ1) is 22.9. The van der Waals surface area contributed by atoms with Crippen molar-refractivity contribution in [1.82, 2.24) is 4.90 Å². The van der Waals surface area contributed by atoms with Gasteiger partial charge in [-0.2, -0.15) is 0 Å². The Morgan fingerprint density at radius 3 is 2.24 bits per heavy atom. The average molecular weight is 449 g/mol. The maximum Gasteiger partial charge on any atom is 0.282 e. The van der Waals surface area contributed by atoms with E-state index in [1.54, 1.807) is 19.2 Å². The molecule has 0 radical (unpaired) electrons. The predicted octanol–water partition coefficient (Wildman–Crippen LogP) is 4.75. The van der Waals surface area contributed by atoms with Crippen molar-refractivity contribution in [2.24, 2.45) is 11.8 Å². The summed E-state index contributed by atoms with van der Waals surface area (Å²) in [6.45, 7) is 8.52. The van der Waals surface area contributed by atoms with Crippen LogP contribution in [0.25, 0.3) is 5.57 Å². The lowest BCUT2D eigenvalue weighted by atomic mass is 9.98. The Morgan fingerprint density at radius 1 is 0.970 bits per heavy atom. The topological polar surface area (TPSA) is 59.1 Å². The van der Waals surface area contributed by atoms with E-state index in [0.29, 0.717) is 41.1 Å². The van der Waals surface area contributed by atoms with Gasteiger partial charge in [0.25, 0.3) is 11.8 Å². The highest BCUT2D eigenvalue weighted by Gasteiger charge is 2.43. The molecule has 6 nitrogen and oxygen atoms in total. The fourth-order valence-corrected chi connectivity index (χ4v) is 4.41. The van der Waals surface area contributed by atoms with Gasteiger partial charge < -0.3 is 14.4 Å². The summed E-state index contributed by atoms with van der Waals surface area (Å²) in [5, 5.41) is 0. The summed E-state index contributed by atoms with van der Waals surface area (Å²) in [6.07, 6.45) is 2.13. The highest BCUT2D eigenvalue weighted by molar-refractivity contribution is 6.45. The van der Waals surface area contributed by atoms with Crippen molar-refractivity contribution in [3.8, 4) is 11.5 Å². The van der Waals surface area contributed by atoms with E-state index in [0.717, 1.165) is 37.2 Å². The van der Waals surface area contributed by atoms with Crippen LogP contribution in [0.3, 0.4) is 0 Å². The van der Waals surface area contributed by atoms with Gasteiger partial charge in [-0.05, 0) is 66.6 Å². The van der Waals surface area contributed by atoms with Crippen molar-refractivity contribution < 1.29 is 19.1 Å². The summed E-state index contributed by atoms with van der Waals surface area (Å²) >= 11 is 0. The Balaban J connectivity index is 1.69. The maximum atomic E-state index is 13.7. The first-order valence-corrected chi connectivity index (χ1v) is 11.6. The molecular weight excluding hydrogens is 416 g/mol. The minimum absolute atomic E-state index is 0.268. The molecule has 6 heteroatoms. The van der Waals surface area contributed by atoms with Crippen molar-refractivity contribution in [1.29, 1.82) is 0 Å². The molecule has 0 aliphatic carbocycles. The van der Waals surface area contributed by atoms with Crippen LogP contribution in [-0.2, 0) is 9.59 Å². The van der Waals surface area contributed by atoms with Crippen molar-refractivity contribution in [3.63, 3.8) is 0 Å². The number of rotatable bonds is 7. The lowest BCUT2D eigenvalue weighted by Gasteiger charge is -2.33. The van der Waals surface area contributed by atoms with Gasteiger partial charge in [0.05, 0.1) is 25.0 Å². The van der Waals surface area contributed by atoms with Crippen LogP contribution in [0.1, 0.15) is 39.2 Å². The van der Waals surface area contributed by atoms with Gasteiger partial charge in [-0.3, -0.25) is 9.59 Å². The Kier molecular flexibility index (Phi) is 6.72. The van der Waals surface area contributed by atoms with Gasteiger partial charge >= 0.3 is 0 Å². The molecule has 1 saturated heterocycles. The molecule has 1 atom stereocenters. The fraction of sp³-hybridized carbons (Fsp3) is 0.407. The number of hydrogen-bond donors (Lipinski definition) is 0. The molecule has 2 aromatic carbocycles. The SMILES string of the molecule is COc1ccc(C2=C(N3CCCC(C)C3)C(=O)N(c3ccc(OCC(C)C)cc3)C2=O)cc1. The van der Waals surface area contributed by atoms with E-state index < -0.39 is 0 Å². The molecule has 2 amide bonds. The Morgan fingerprint density at radius 2 is 1.64 bits per heavy atom. The highest BCUT2D eigenvalue weighted by Crippen LogP contribution is 2.37. The zero-order valence-corrected chi connectivity index (χ0v) is 19.8. The van der Waals surface area contributed by atoms with Gasteiger partial charge in [-0.25, -0.2) is 4.90 Å². The standard InChI is InChI=1S/C27H32N2O4/c1-18(2)17-33-23-13-9-21(10-14-23)29-26(30)24(20-7-11-22(32-4)12-8-20)25(27(29)31)28-15-5-6-19(3)16-28/h7-14,18-19H,5-6,15-17H2,1-4H3. The molecule has 1 unspecified atom stereocenters. The maximum absolute atomic E-state index is 13.7. The fourth-order valence-electron chi connectivity index (χ4n) is 4.41. The molecular formula is C27H32N2O4. The van der Waals surface area contributed by atoms with Crippen LogP contribution in [0.4, 0.5) is 5.69 Å². The molecule has 174 valence electrons. The van der Waals surface area contributed by atoms with Gasteiger partial charge in [0.2, 0.25) is 0 Å². The van der Waals surface area contributed by atoms with Crippen LogP contribution in [0.5, 0.6) is 11.5 Å². The van der Waals surface area contributed by atoms with Gasteiger partial charge in [-0.15, -0.1) is 0 Å². The van der Waals surface area contributed by atoms with Crippen LogP contribution in [0.2, 0.25) is 0 Å². The first-order chi connectivity index (χ1) is 15.9. The number of benzene rings is 2. The number of amides is 2. The van der Waals surface area contributed by atoms with Crippen LogP contribution in [-0.4, -0.2) is 43.5 Å². The second-order valence-electron chi connectivity index (χ2n) is 9.29. The molecule has 2 heterocycles. The third kappa shape index (κ3) is 4.75. The van der Waals surface area contributed by atoms with Crippen LogP contribution in [0, 0.1) is 11.8 Å². The number of anilines is 1. The smallest absolute Gasteiger partial charge is 0.282 e. The third-order valence-corrected chi connectivity index (χ3v) is 6.09. The van der Waals surface area contributed by atoms with E-state index in [2.05, 4.69) is 25.7 Å². The number of piperidine rings is 1. The molecule has 4 rings (SSSR count). The van der Waals surface area contributed by atoms with E-state index in [4.69, 9.17) is 9.47 Å². The van der Waals surface area contributed by atoms with Gasteiger partial charge in [0, 0.05) is 13.1 Å². The quantitative estimate of drug-likeness (QED) is 0.573. The van der Waals surface area contributed by atoms with Crippen molar-refractivity contribution >= 4 is 23.1 Å². The van der Waals surface area contributed by atoms with E-state index in [1.807, 2.05) is 36.4 Å². The number of likely N-dealkylation sites (tertiary alicyclic amines) is 1. The molecule has 0 spiro atoms. The van der Waals surface area contributed by atoms with Crippen LogP contribution >= 0.6 is 0 Å². The molecule has 2 aromatic rings. The van der Waals surface area contributed by atoms with E-state index in [-0.39, 0.29) is 11.8 Å². The number of imide groups is 1. The summed E-state index contributed by atoms with van der Waals surface area (Å²) in [6, 6.07) is 14.5. The molecule has 0 N–H and O–H groups in total. The van der Waals surface area contributed by atoms with Gasteiger partial charge in [0.15, 0.2) is 0 Å². The molecule has 0 bridgehead atoms. The zero-order chi connectivity index (χ0) is 23.5. The zero-order valence-electron chi connectivity index (χ0n) is 19.8. The number of ether oxygens (including phenoxy) is 2. The largest absolute Gasteiger partial charge is 0.497 e. The van der Waals surface area contributed by atoms with Crippen molar-refractivity contribution in [3.05, 3.63) is 59.8 Å². The summed E-state index contributed by atoms with van der Waals surface area (Å²) in [5.74, 6) is 1.75. The molecule has 2 aliphatic heterocycles. The van der Waals surface area contributed by atoms with Crippen molar-refractivity contribution in [2.75, 3.05) is 31.7 Å². The third-order valence-electron chi connectivity index (χ3n) is 6.09. The average Bonchev–Trinajstić information content (AvgIpc) is 3.08. The molecule has 0 saturated carbocycles. The summed E-state index contributed by atoms with van der Waals surface area (Å²) in [7, 11) is 1.61. The monoisotopic (exact) mass is 448 g/mol. The molecule has 1 fully saturated rings. The second kappa shape index (κ2) is 9.69. The van der Waals surface area contributed by atoms with Gasteiger partial charge in [0.1, 0.15) is 17.2 Å². The predicted molar refractivity (Wildman–Crippen MR) is 129 cm³/mol. The second-order valence-corrected chi connectivity index (χ2v) is 9.29. The normalized spacial score (nSPS) is 19.0. The highest BCUT2D eigenvalue weighted by atomic mass is 16.5. The summed E-state index contributed by atoms with van der Waals surface area (Å²) in [5.41, 5.74) is 2.23. The van der Waals surface area contributed by atoms with Crippen LogP contribution < -0.4 is 14.4 Å². The van der Waals surface area contributed by atoms with E-state index in [9.17, 15) is 9.59 Å². The number of hydrogen-bond acceptors (Lipinski definition) is 5. The van der Waals surface area contributed by atoms with Crippen LogP contribution in [0.15, 0.2) is 54.2 Å². The molecule has 0 aromatic heterocycles. The first-order valence-electron chi connectivity index (χ1n) is 11.6. The lowest BCUT2D eigenvalue weighted by molar-refractivity contribution is -0.120. The Bertz CT molecular complexity index is 1040. The summed E-state index contributed by atoms with van der Waals surface area (Å²) in [4.78, 5) is 30.7. The number of methoxy groups -OCH3 is 1. The molecule has 33 heavy (non-hydrogen) atoms. The lowest BCUT2D eigenvalue weighted by Crippen LogP contribution is -2.39. The van der Waals surface area contributed by atoms with E-state index in [1.165, 1.54) is 4.90 Å². The summed E-state index contributed by atoms with van der Waals surface area (Å²) < 4.78 is 11.0. The minimum Gasteiger partial charge on any atom is -0.497 e. The Hall–Kier alpha value is -3.28. The van der Waals surface area contributed by atoms with Gasteiger partial charge in [-0.1, -0.05) is 32.9 Å². The minimum atomic E-state index is -0.297.